The number of urea groups is 1. The molecule has 0 saturated heterocycles. The van der Waals surface area contributed by atoms with Crippen LogP contribution in [0.25, 0.3) is 0 Å². The quantitative estimate of drug-likeness (QED) is 0.773. The van der Waals surface area contributed by atoms with Gasteiger partial charge in [0, 0.05) is 12.0 Å². The van der Waals surface area contributed by atoms with E-state index in [0.717, 1.165) is 18.4 Å². The van der Waals surface area contributed by atoms with E-state index < -0.39 is 0 Å². The lowest BCUT2D eigenvalue weighted by Crippen LogP contribution is -2.40. The number of aliphatic hydroxyl groups is 1. The number of rotatable bonds is 5. The Balaban J connectivity index is 1.89. The molecule has 0 bridgehead atoms. The predicted octanol–water partition coefficient (Wildman–Crippen LogP) is 2.44. The van der Waals surface area contributed by atoms with E-state index in [4.69, 9.17) is 0 Å². The van der Waals surface area contributed by atoms with Gasteiger partial charge in [-0.1, -0.05) is 18.2 Å². The van der Waals surface area contributed by atoms with Crippen molar-refractivity contribution in [3.8, 4) is 0 Å². The molecule has 110 valence electrons. The third kappa shape index (κ3) is 3.31. The SMILES string of the molecule is Cc1cccc(C(C)NC(=O)NCC2(CO)CC2)c1C. The van der Waals surface area contributed by atoms with Crippen LogP contribution in [-0.4, -0.2) is 24.3 Å². The zero-order valence-electron chi connectivity index (χ0n) is 12.5. The fraction of sp³-hybridized carbons (Fsp3) is 0.562. The van der Waals surface area contributed by atoms with E-state index in [-0.39, 0.29) is 24.1 Å². The van der Waals surface area contributed by atoms with Gasteiger partial charge in [0.05, 0.1) is 12.6 Å². The van der Waals surface area contributed by atoms with Crippen molar-refractivity contribution in [2.24, 2.45) is 5.41 Å². The van der Waals surface area contributed by atoms with Crippen molar-refractivity contribution >= 4 is 6.03 Å². The summed E-state index contributed by atoms with van der Waals surface area (Å²) in [5, 5.41) is 15.0. The fourth-order valence-corrected chi connectivity index (χ4v) is 2.40. The molecule has 2 rings (SSSR count). The van der Waals surface area contributed by atoms with E-state index >= 15 is 0 Å². The van der Waals surface area contributed by atoms with Crippen molar-refractivity contribution in [3.63, 3.8) is 0 Å². The van der Waals surface area contributed by atoms with Gasteiger partial charge in [0.1, 0.15) is 0 Å². The summed E-state index contributed by atoms with van der Waals surface area (Å²) in [6, 6.07) is 5.93. The molecule has 1 unspecified atom stereocenters. The van der Waals surface area contributed by atoms with Crippen molar-refractivity contribution in [2.75, 3.05) is 13.2 Å². The normalized spacial score (nSPS) is 17.4. The molecule has 1 atom stereocenters. The van der Waals surface area contributed by atoms with Gasteiger partial charge < -0.3 is 15.7 Å². The molecule has 1 aromatic carbocycles. The second-order valence-corrected chi connectivity index (χ2v) is 6.00. The lowest BCUT2D eigenvalue weighted by molar-refractivity contribution is 0.202. The number of aliphatic hydroxyl groups excluding tert-OH is 1. The second-order valence-electron chi connectivity index (χ2n) is 6.00. The Kier molecular flexibility index (Phi) is 4.33. The number of carbonyl (C=O) groups is 1. The van der Waals surface area contributed by atoms with Crippen LogP contribution >= 0.6 is 0 Å². The molecule has 1 aliphatic rings. The molecule has 1 saturated carbocycles. The standard InChI is InChI=1S/C16H24N2O2/c1-11-5-4-6-14(12(11)2)13(3)18-15(20)17-9-16(10-19)7-8-16/h4-6,13,19H,7-10H2,1-3H3,(H2,17,18,20). The highest BCUT2D eigenvalue weighted by Gasteiger charge is 2.42. The average Bonchev–Trinajstić information content (AvgIpc) is 3.20. The van der Waals surface area contributed by atoms with Crippen molar-refractivity contribution in [3.05, 3.63) is 34.9 Å². The van der Waals surface area contributed by atoms with Crippen LogP contribution in [0, 0.1) is 19.3 Å². The summed E-state index contributed by atoms with van der Waals surface area (Å²) >= 11 is 0. The van der Waals surface area contributed by atoms with E-state index in [1.165, 1.54) is 11.1 Å². The predicted molar refractivity (Wildman–Crippen MR) is 79.6 cm³/mol. The minimum absolute atomic E-state index is 0.0285. The minimum atomic E-state index is -0.168. The molecule has 4 nitrogen and oxygen atoms in total. The zero-order valence-corrected chi connectivity index (χ0v) is 12.5. The molecule has 20 heavy (non-hydrogen) atoms. The zero-order chi connectivity index (χ0) is 14.8. The molecule has 4 heteroatoms. The molecule has 0 aliphatic heterocycles. The molecule has 1 aliphatic carbocycles. The summed E-state index contributed by atoms with van der Waals surface area (Å²) in [6.07, 6.45) is 1.99. The van der Waals surface area contributed by atoms with Crippen molar-refractivity contribution in [2.45, 2.75) is 39.7 Å². The number of aryl methyl sites for hydroxylation is 1. The van der Waals surface area contributed by atoms with Crippen LogP contribution in [0.1, 0.15) is 42.5 Å². The van der Waals surface area contributed by atoms with Crippen LogP contribution in [0.15, 0.2) is 18.2 Å². The van der Waals surface area contributed by atoms with E-state index in [2.05, 4.69) is 30.5 Å². The third-order valence-electron chi connectivity index (χ3n) is 4.38. The Labute approximate surface area is 120 Å². The fourth-order valence-electron chi connectivity index (χ4n) is 2.40. The average molecular weight is 276 g/mol. The molecule has 2 amide bonds. The first kappa shape index (κ1) is 14.9. The van der Waals surface area contributed by atoms with Gasteiger partial charge in [-0.3, -0.25) is 0 Å². The maximum atomic E-state index is 11.9. The van der Waals surface area contributed by atoms with Gasteiger partial charge in [-0.15, -0.1) is 0 Å². The number of hydrogen-bond donors (Lipinski definition) is 3. The first-order valence-electron chi connectivity index (χ1n) is 7.19. The lowest BCUT2D eigenvalue weighted by Gasteiger charge is -2.19. The Morgan fingerprint density at radius 1 is 1.40 bits per heavy atom. The Morgan fingerprint density at radius 2 is 2.10 bits per heavy atom. The van der Waals surface area contributed by atoms with Gasteiger partial charge >= 0.3 is 6.03 Å². The lowest BCUT2D eigenvalue weighted by atomic mass is 9.98. The number of carbonyl (C=O) groups excluding carboxylic acids is 1. The van der Waals surface area contributed by atoms with Crippen molar-refractivity contribution < 1.29 is 9.90 Å². The Morgan fingerprint density at radius 3 is 2.70 bits per heavy atom. The van der Waals surface area contributed by atoms with Gasteiger partial charge in [-0.25, -0.2) is 4.79 Å². The highest BCUT2D eigenvalue weighted by molar-refractivity contribution is 5.74. The van der Waals surface area contributed by atoms with Gasteiger partial charge in [-0.05, 0) is 50.3 Å². The van der Waals surface area contributed by atoms with E-state index in [0.29, 0.717) is 6.54 Å². The first-order chi connectivity index (χ1) is 9.47. The molecular weight excluding hydrogens is 252 g/mol. The number of hydrogen-bond acceptors (Lipinski definition) is 2. The highest BCUT2D eigenvalue weighted by Crippen LogP contribution is 2.44. The van der Waals surface area contributed by atoms with Crippen LogP contribution < -0.4 is 10.6 Å². The molecule has 0 radical (unpaired) electrons. The molecule has 0 aromatic heterocycles. The number of benzene rings is 1. The second kappa shape index (κ2) is 5.83. The maximum Gasteiger partial charge on any atom is 0.315 e. The van der Waals surface area contributed by atoms with Crippen molar-refractivity contribution in [1.29, 1.82) is 0 Å². The van der Waals surface area contributed by atoms with Crippen LogP contribution in [0.5, 0.6) is 0 Å². The summed E-state index contributed by atoms with van der Waals surface area (Å²) in [6.45, 7) is 6.84. The first-order valence-corrected chi connectivity index (χ1v) is 7.19. The molecular formula is C16H24N2O2. The topological polar surface area (TPSA) is 61.4 Å². The van der Waals surface area contributed by atoms with E-state index in [9.17, 15) is 9.90 Å². The van der Waals surface area contributed by atoms with Gasteiger partial charge in [0.2, 0.25) is 0 Å². The van der Waals surface area contributed by atoms with Gasteiger partial charge in [-0.2, -0.15) is 0 Å². The molecule has 1 fully saturated rings. The monoisotopic (exact) mass is 276 g/mol. The van der Waals surface area contributed by atoms with E-state index in [1.807, 2.05) is 19.1 Å². The Hall–Kier alpha value is -1.55. The van der Waals surface area contributed by atoms with Gasteiger partial charge in [0.15, 0.2) is 0 Å². The van der Waals surface area contributed by atoms with Crippen molar-refractivity contribution in [1.82, 2.24) is 10.6 Å². The van der Waals surface area contributed by atoms with Gasteiger partial charge in [0.25, 0.3) is 0 Å². The smallest absolute Gasteiger partial charge is 0.315 e. The summed E-state index contributed by atoms with van der Waals surface area (Å²) in [5.74, 6) is 0. The largest absolute Gasteiger partial charge is 0.396 e. The maximum absolute atomic E-state index is 11.9. The highest BCUT2D eigenvalue weighted by atomic mass is 16.3. The summed E-state index contributed by atoms with van der Waals surface area (Å²) < 4.78 is 0. The number of nitrogens with one attached hydrogen (secondary N) is 2. The molecule has 3 N–H and O–H groups in total. The molecule has 1 aromatic rings. The summed E-state index contributed by atoms with van der Waals surface area (Å²) in [5.41, 5.74) is 3.53. The van der Waals surface area contributed by atoms with Crippen LogP contribution in [0.2, 0.25) is 0 Å². The van der Waals surface area contributed by atoms with Crippen LogP contribution in [0.4, 0.5) is 4.79 Å². The van der Waals surface area contributed by atoms with Crippen LogP contribution in [-0.2, 0) is 0 Å². The minimum Gasteiger partial charge on any atom is -0.396 e. The summed E-state index contributed by atoms with van der Waals surface area (Å²) in [7, 11) is 0. The number of amides is 2. The van der Waals surface area contributed by atoms with Crippen LogP contribution in [0.3, 0.4) is 0 Å². The molecule has 0 heterocycles. The van der Waals surface area contributed by atoms with E-state index in [1.54, 1.807) is 0 Å². The molecule has 0 spiro atoms. The Bertz CT molecular complexity index is 495. The third-order valence-corrected chi connectivity index (χ3v) is 4.38. The summed E-state index contributed by atoms with van der Waals surface area (Å²) in [4.78, 5) is 11.9.